The van der Waals surface area contributed by atoms with Crippen LogP contribution in [0.3, 0.4) is 0 Å². The molecule has 0 heterocycles. The first-order valence-electron chi connectivity index (χ1n) is 5.75. The van der Waals surface area contributed by atoms with Crippen LogP contribution in [0.4, 0.5) is 0 Å². The molecule has 0 aliphatic carbocycles. The third-order valence-electron chi connectivity index (χ3n) is 1.82. The predicted octanol–water partition coefficient (Wildman–Crippen LogP) is 1.99. The Labute approximate surface area is 132 Å². The van der Waals surface area contributed by atoms with Crippen molar-refractivity contribution in [1.82, 2.24) is 0 Å². The van der Waals surface area contributed by atoms with E-state index in [0.29, 0.717) is 0 Å². The highest BCUT2D eigenvalue weighted by Gasteiger charge is 2.27. The Bertz CT molecular complexity index is 248. The molecule has 0 fully saturated rings. The Balaban J connectivity index is 4.23. The number of aliphatic hydroxyl groups is 3. The summed E-state index contributed by atoms with van der Waals surface area (Å²) in [6.07, 6.45) is 0.0670. The fraction of sp³-hybridized carbons (Fsp3) is 1.00. The molecule has 0 aromatic heterocycles. The molecule has 11 heteroatoms. The van der Waals surface area contributed by atoms with Crippen LogP contribution in [0.25, 0.3) is 0 Å². The highest BCUT2D eigenvalue weighted by Crippen LogP contribution is 2.49. The van der Waals surface area contributed by atoms with E-state index < -0.39 is 24.5 Å². The summed E-state index contributed by atoms with van der Waals surface area (Å²) in [6, 6.07) is 0. The van der Waals surface area contributed by atoms with E-state index in [1.165, 1.54) is 0 Å². The van der Waals surface area contributed by atoms with E-state index >= 15 is 0 Å². The fourth-order valence-electron chi connectivity index (χ4n) is 0.897. The lowest BCUT2D eigenvalue weighted by Gasteiger charge is -2.18. The zero-order valence-corrected chi connectivity index (χ0v) is 13.7. The first-order chi connectivity index (χ1) is 9.25. The lowest BCUT2D eigenvalue weighted by atomic mass is 10.5. The quantitative estimate of drug-likeness (QED) is 0.354. The number of hydrogen-bond donors (Lipinski definition) is 3. The van der Waals surface area contributed by atoms with Gasteiger partial charge in [-0.25, -0.2) is 4.57 Å². The molecular weight excluding hydrogens is 357 g/mol. The summed E-state index contributed by atoms with van der Waals surface area (Å²) in [7, 11) is -3.90. The minimum Gasteiger partial charge on any atom is -0.378 e. The molecule has 3 N–H and O–H groups in total. The maximum Gasteiger partial charge on any atom is 0.474 e. The lowest BCUT2D eigenvalue weighted by molar-refractivity contribution is 0.0892. The van der Waals surface area contributed by atoms with Crippen molar-refractivity contribution in [2.24, 2.45) is 0 Å². The molecule has 0 rings (SSSR count). The Kier molecular flexibility index (Phi) is 11.9. The lowest BCUT2D eigenvalue weighted by Crippen LogP contribution is -2.10. The maximum atomic E-state index is 12.1. The highest BCUT2D eigenvalue weighted by molar-refractivity contribution is 7.48. The summed E-state index contributed by atoms with van der Waals surface area (Å²) in [4.78, 5) is 0. The van der Waals surface area contributed by atoms with Crippen LogP contribution in [0.15, 0.2) is 0 Å². The smallest absolute Gasteiger partial charge is 0.378 e. The first-order valence-corrected chi connectivity index (χ1v) is 8.52. The van der Waals surface area contributed by atoms with Crippen LogP contribution in [0.1, 0.15) is 19.3 Å². The van der Waals surface area contributed by atoms with Gasteiger partial charge in [-0.15, -0.1) is 0 Å². The van der Waals surface area contributed by atoms with Crippen LogP contribution >= 0.6 is 42.6 Å². The second kappa shape index (κ2) is 11.4. The molecule has 0 saturated heterocycles. The van der Waals surface area contributed by atoms with E-state index in [-0.39, 0.29) is 39.1 Å². The van der Waals surface area contributed by atoms with Gasteiger partial charge in [-0.2, -0.15) is 0 Å². The van der Waals surface area contributed by atoms with Crippen molar-refractivity contribution in [3.63, 3.8) is 0 Å². The molecule has 0 bridgehead atoms. The minimum absolute atomic E-state index is 0.0223. The molecule has 0 amide bonds. The van der Waals surface area contributed by atoms with Crippen molar-refractivity contribution in [2.45, 2.75) is 36.0 Å². The third kappa shape index (κ3) is 12.6. The molecule has 3 atom stereocenters. The third-order valence-corrected chi connectivity index (χ3v) is 3.97. The van der Waals surface area contributed by atoms with Gasteiger partial charge in [-0.1, -0.05) is 34.8 Å². The van der Waals surface area contributed by atoms with Crippen LogP contribution in [-0.2, 0) is 18.1 Å². The fourth-order valence-corrected chi connectivity index (χ4v) is 2.37. The molecule has 0 aliphatic heterocycles. The Morgan fingerprint density at radius 3 is 1.20 bits per heavy atom. The molecule has 20 heavy (non-hydrogen) atoms. The average molecular weight is 376 g/mol. The number of alkyl halides is 3. The first kappa shape index (κ1) is 20.9. The monoisotopic (exact) mass is 374 g/mol. The number of phosphoric ester groups is 1. The molecule has 0 aromatic carbocycles. The average Bonchev–Trinajstić information content (AvgIpc) is 2.27. The summed E-state index contributed by atoms with van der Waals surface area (Å²) >= 11 is 15.9. The van der Waals surface area contributed by atoms with Gasteiger partial charge in [0.15, 0.2) is 0 Å². The number of aliphatic hydroxyl groups excluding tert-OH is 3. The van der Waals surface area contributed by atoms with E-state index in [9.17, 15) is 4.57 Å². The van der Waals surface area contributed by atoms with Crippen molar-refractivity contribution in [2.75, 3.05) is 19.8 Å². The minimum atomic E-state index is -3.90. The van der Waals surface area contributed by atoms with Gasteiger partial charge in [-0.05, 0) is 0 Å². The largest absolute Gasteiger partial charge is 0.474 e. The molecule has 0 aromatic rings. The predicted molar refractivity (Wildman–Crippen MR) is 74.9 cm³/mol. The van der Waals surface area contributed by atoms with Gasteiger partial charge >= 0.3 is 7.82 Å². The molecular formula is C9H18Cl3O7P. The van der Waals surface area contributed by atoms with Crippen LogP contribution in [0.5, 0.6) is 0 Å². The number of hydrogen-bond acceptors (Lipinski definition) is 7. The van der Waals surface area contributed by atoms with Crippen LogP contribution in [0.2, 0.25) is 0 Å². The highest BCUT2D eigenvalue weighted by atomic mass is 35.5. The van der Waals surface area contributed by atoms with Crippen molar-refractivity contribution >= 4 is 42.6 Å². The molecule has 3 unspecified atom stereocenters. The summed E-state index contributed by atoms with van der Waals surface area (Å²) in [5.41, 5.74) is -3.42. The summed E-state index contributed by atoms with van der Waals surface area (Å²) < 4.78 is 26.9. The van der Waals surface area contributed by atoms with Crippen molar-refractivity contribution in [3.8, 4) is 0 Å². The maximum absolute atomic E-state index is 12.1. The SMILES string of the molecule is O=P(OCCC(O)Cl)(OCCC(O)Cl)OCCC(O)Cl. The Hall–Kier alpha value is 0.860. The molecule has 7 nitrogen and oxygen atoms in total. The van der Waals surface area contributed by atoms with Gasteiger partial charge < -0.3 is 15.3 Å². The number of phosphoric acid groups is 1. The second-order valence-corrected chi connectivity index (χ2v) is 6.80. The Morgan fingerprint density at radius 1 is 0.750 bits per heavy atom. The summed E-state index contributed by atoms with van der Waals surface area (Å²) in [6.45, 7) is -0.474. The molecule has 0 spiro atoms. The molecule has 0 saturated carbocycles. The van der Waals surface area contributed by atoms with E-state index in [2.05, 4.69) is 0 Å². The van der Waals surface area contributed by atoms with Gasteiger partial charge in [-0.3, -0.25) is 13.6 Å². The van der Waals surface area contributed by atoms with E-state index in [0.717, 1.165) is 0 Å². The normalized spacial score (nSPS) is 19.3. The number of rotatable bonds is 12. The van der Waals surface area contributed by atoms with Crippen molar-refractivity contribution in [1.29, 1.82) is 0 Å². The van der Waals surface area contributed by atoms with E-state index in [1.807, 2.05) is 0 Å². The van der Waals surface area contributed by atoms with Crippen LogP contribution in [0, 0.1) is 0 Å². The standard InChI is InChI=1S/C9H18Cl3O7P/c10-7(13)1-4-17-20(16,18-5-2-8(11)14)19-6-3-9(12)15/h7-9,13-15H,1-6H2. The van der Waals surface area contributed by atoms with E-state index in [4.69, 9.17) is 63.7 Å². The molecule has 0 aliphatic rings. The van der Waals surface area contributed by atoms with Crippen molar-refractivity contribution < 1.29 is 33.5 Å². The van der Waals surface area contributed by atoms with Gasteiger partial charge in [0.25, 0.3) is 0 Å². The van der Waals surface area contributed by atoms with Gasteiger partial charge in [0.1, 0.15) is 16.7 Å². The number of halogens is 3. The van der Waals surface area contributed by atoms with Crippen LogP contribution < -0.4 is 0 Å². The van der Waals surface area contributed by atoms with Gasteiger partial charge in [0, 0.05) is 19.3 Å². The van der Waals surface area contributed by atoms with Crippen molar-refractivity contribution in [3.05, 3.63) is 0 Å². The summed E-state index contributed by atoms with van der Waals surface area (Å²) in [5, 5.41) is 26.6. The van der Waals surface area contributed by atoms with E-state index in [1.54, 1.807) is 0 Å². The van der Waals surface area contributed by atoms with Crippen LogP contribution in [-0.4, -0.2) is 51.8 Å². The van der Waals surface area contributed by atoms with Gasteiger partial charge in [0.2, 0.25) is 0 Å². The topological polar surface area (TPSA) is 105 Å². The second-order valence-electron chi connectivity index (χ2n) is 3.62. The van der Waals surface area contributed by atoms with Gasteiger partial charge in [0.05, 0.1) is 19.8 Å². The zero-order chi connectivity index (χ0) is 15.6. The molecule has 122 valence electrons. The summed E-state index contributed by atoms with van der Waals surface area (Å²) in [5.74, 6) is 0. The zero-order valence-electron chi connectivity index (χ0n) is 10.5. The molecule has 0 radical (unpaired) electrons. The Morgan fingerprint density at radius 2 is 1.00 bits per heavy atom.